The number of para-hydroxylation sites is 6. The van der Waals surface area contributed by atoms with Gasteiger partial charge in [0.2, 0.25) is 0 Å². The normalized spacial score (nSPS) is 12.8. The highest BCUT2D eigenvalue weighted by molar-refractivity contribution is 6.24. The van der Waals surface area contributed by atoms with Gasteiger partial charge in [0, 0.05) is 55.1 Å². The molecule has 0 aliphatic heterocycles. The number of benzene rings is 14. The van der Waals surface area contributed by atoms with Crippen LogP contribution in [0.2, 0.25) is 0 Å². The molecule has 0 amide bonds. The van der Waals surface area contributed by atoms with Crippen LogP contribution in [0.5, 0.6) is 0 Å². The molecular weight excluding hydrogens is 1120 g/mol. The lowest BCUT2D eigenvalue weighted by atomic mass is 9.68. The van der Waals surface area contributed by atoms with Crippen molar-refractivity contribution < 1.29 is 8.83 Å². The molecule has 2 aliphatic rings. The van der Waals surface area contributed by atoms with E-state index in [4.69, 9.17) is 8.83 Å². The zero-order valence-corrected chi connectivity index (χ0v) is 51.2. The van der Waals surface area contributed by atoms with Gasteiger partial charge in [-0.15, -0.1) is 0 Å². The van der Waals surface area contributed by atoms with E-state index in [1.165, 1.54) is 88.1 Å². The molecular formula is C88H60N2O2. The standard InChI is InChI=1S/C88H60N2O2/c1-5-6-32-59(54(2)3)68-40-23-42-70-73-45-26-49-79(87(73)91-84(68)70)90(57-30-11-8-12-31-57)80-53-75-81-65-38-17-15-34-61(65)74-52-58(50-51-67(74)83(81)88(82(75)66-39-18-16-37-64(66)80)76-46-21-19-35-62(76)63-36-20-22-47-77(63)88)89(56-28-9-7-10-29-56)78-48-25-44-72-71-43-24-41-69(85(71)92-86(72)78)60-33-14-13-27-55(60)4/h5-53H,1H2,2-4H3/b32-6-. The largest absolute Gasteiger partial charge is 0.453 e. The zero-order valence-electron chi connectivity index (χ0n) is 51.2. The van der Waals surface area contributed by atoms with Gasteiger partial charge in [-0.1, -0.05) is 255 Å². The Kier molecular flexibility index (Phi) is 12.0. The molecule has 2 heterocycles. The highest BCUT2D eigenvalue weighted by Gasteiger charge is 2.54. The second-order valence-electron chi connectivity index (χ2n) is 24.8. The lowest BCUT2D eigenvalue weighted by Crippen LogP contribution is -2.26. The number of aryl methyl sites for hydroxylation is 1. The number of rotatable bonds is 10. The third-order valence-corrected chi connectivity index (χ3v) is 19.7. The van der Waals surface area contributed by atoms with E-state index >= 15 is 0 Å². The molecule has 4 heteroatoms. The van der Waals surface area contributed by atoms with E-state index in [9.17, 15) is 0 Å². The lowest BCUT2D eigenvalue weighted by molar-refractivity contribution is 0.668. The summed E-state index contributed by atoms with van der Waals surface area (Å²) in [7, 11) is 0. The van der Waals surface area contributed by atoms with Gasteiger partial charge in [-0.3, -0.25) is 0 Å². The minimum Gasteiger partial charge on any atom is -0.453 e. The molecule has 0 radical (unpaired) electrons. The fourth-order valence-corrected chi connectivity index (χ4v) is 16.0. The Bertz CT molecular complexity index is 5790. The first-order chi connectivity index (χ1) is 45.4. The number of allylic oxidation sites excluding steroid dienone is 5. The highest BCUT2D eigenvalue weighted by atomic mass is 16.3. The second-order valence-corrected chi connectivity index (χ2v) is 24.8. The molecule has 0 saturated carbocycles. The lowest BCUT2D eigenvalue weighted by Gasteiger charge is -2.34. The van der Waals surface area contributed by atoms with Crippen LogP contribution in [0.25, 0.3) is 115 Å². The van der Waals surface area contributed by atoms with E-state index < -0.39 is 5.41 Å². The molecule has 0 unspecified atom stereocenters. The molecule has 18 rings (SSSR count). The summed E-state index contributed by atoms with van der Waals surface area (Å²) in [4.78, 5) is 4.85. The Labute approximate surface area is 533 Å². The quantitative estimate of drug-likeness (QED) is 0.101. The van der Waals surface area contributed by atoms with Gasteiger partial charge in [-0.2, -0.15) is 0 Å². The van der Waals surface area contributed by atoms with Crippen molar-refractivity contribution in [3.05, 3.63) is 343 Å². The van der Waals surface area contributed by atoms with Crippen LogP contribution >= 0.6 is 0 Å². The first-order valence-electron chi connectivity index (χ1n) is 31.8. The van der Waals surface area contributed by atoms with Gasteiger partial charge in [0.05, 0.1) is 22.5 Å². The average molecular weight is 1180 g/mol. The second kappa shape index (κ2) is 20.7. The van der Waals surface area contributed by atoms with Gasteiger partial charge in [-0.25, -0.2) is 0 Å². The molecule has 0 atom stereocenters. The van der Waals surface area contributed by atoms with Crippen LogP contribution in [-0.2, 0) is 5.41 Å². The van der Waals surface area contributed by atoms with Crippen molar-refractivity contribution in [2.45, 2.75) is 26.2 Å². The number of fused-ring (bicyclic) bond motifs is 23. The van der Waals surface area contributed by atoms with E-state index in [2.05, 4.69) is 322 Å². The van der Waals surface area contributed by atoms with Crippen molar-refractivity contribution in [3.63, 3.8) is 0 Å². The van der Waals surface area contributed by atoms with E-state index in [-0.39, 0.29) is 0 Å². The number of furan rings is 2. The maximum Gasteiger partial charge on any atom is 0.159 e. The Morgan fingerprint density at radius 3 is 1.52 bits per heavy atom. The van der Waals surface area contributed by atoms with Gasteiger partial charge in [0.1, 0.15) is 11.2 Å². The first-order valence-corrected chi connectivity index (χ1v) is 31.8. The van der Waals surface area contributed by atoms with Crippen molar-refractivity contribution >= 4 is 116 Å². The van der Waals surface area contributed by atoms with Crippen LogP contribution in [0.1, 0.15) is 47.2 Å². The van der Waals surface area contributed by atoms with Crippen LogP contribution in [0.4, 0.5) is 34.1 Å². The molecule has 4 nitrogen and oxygen atoms in total. The first kappa shape index (κ1) is 53.3. The summed E-state index contributed by atoms with van der Waals surface area (Å²) in [5, 5.41) is 11.4. The predicted octanol–water partition coefficient (Wildman–Crippen LogP) is 24.7. The monoisotopic (exact) mass is 1180 g/mol. The summed E-state index contributed by atoms with van der Waals surface area (Å²) < 4.78 is 14.6. The van der Waals surface area contributed by atoms with Gasteiger partial charge in [0.15, 0.2) is 11.2 Å². The molecule has 92 heavy (non-hydrogen) atoms. The third kappa shape index (κ3) is 7.58. The summed E-state index contributed by atoms with van der Waals surface area (Å²) in [5.74, 6) is 0. The molecule has 0 fully saturated rings. The summed E-state index contributed by atoms with van der Waals surface area (Å²) in [6.45, 7) is 10.5. The fourth-order valence-electron chi connectivity index (χ4n) is 16.0. The van der Waals surface area contributed by atoms with Crippen molar-refractivity contribution in [1.82, 2.24) is 0 Å². The Morgan fingerprint density at radius 1 is 0.359 bits per heavy atom. The molecule has 2 aromatic heterocycles. The van der Waals surface area contributed by atoms with Crippen molar-refractivity contribution in [2.24, 2.45) is 0 Å². The number of hydrogen-bond donors (Lipinski definition) is 0. The van der Waals surface area contributed by atoms with Crippen molar-refractivity contribution in [3.8, 4) is 33.4 Å². The van der Waals surface area contributed by atoms with E-state index in [1.54, 1.807) is 0 Å². The minimum atomic E-state index is -0.733. The molecule has 2 aliphatic carbocycles. The van der Waals surface area contributed by atoms with E-state index in [0.717, 1.165) is 100 Å². The van der Waals surface area contributed by atoms with Crippen LogP contribution in [0.15, 0.2) is 318 Å². The fraction of sp³-hybridized carbons (Fsp3) is 0.0455. The molecule has 0 bridgehead atoms. The van der Waals surface area contributed by atoms with Gasteiger partial charge in [0.25, 0.3) is 0 Å². The molecule has 16 aromatic rings. The molecule has 434 valence electrons. The Morgan fingerprint density at radius 2 is 0.859 bits per heavy atom. The van der Waals surface area contributed by atoms with Crippen molar-refractivity contribution in [2.75, 3.05) is 9.80 Å². The minimum absolute atomic E-state index is 0.733. The number of anilines is 6. The Balaban J connectivity index is 0.930. The smallest absolute Gasteiger partial charge is 0.159 e. The van der Waals surface area contributed by atoms with Gasteiger partial charge < -0.3 is 18.6 Å². The topological polar surface area (TPSA) is 32.8 Å². The van der Waals surface area contributed by atoms with Crippen LogP contribution in [0.3, 0.4) is 0 Å². The predicted molar refractivity (Wildman–Crippen MR) is 387 cm³/mol. The number of nitrogens with zero attached hydrogens (tertiary/aromatic N) is 2. The zero-order chi connectivity index (χ0) is 61.3. The summed E-state index contributed by atoms with van der Waals surface area (Å²) in [5.41, 5.74) is 25.6. The van der Waals surface area contributed by atoms with E-state index in [0.29, 0.717) is 0 Å². The summed E-state index contributed by atoms with van der Waals surface area (Å²) in [6, 6.07) is 103. The molecule has 0 N–H and O–H groups in total. The molecule has 1 spiro atoms. The van der Waals surface area contributed by atoms with Crippen LogP contribution in [0, 0.1) is 6.92 Å². The van der Waals surface area contributed by atoms with Crippen molar-refractivity contribution in [1.29, 1.82) is 0 Å². The molecule has 0 saturated heterocycles. The van der Waals surface area contributed by atoms with Crippen LogP contribution in [-0.4, -0.2) is 0 Å². The maximum absolute atomic E-state index is 7.37. The summed E-state index contributed by atoms with van der Waals surface area (Å²) in [6.07, 6.45) is 5.98. The third-order valence-electron chi connectivity index (χ3n) is 19.7. The SMILES string of the molecule is C=C/C=C\C(=C(C)C)c1cccc2c1oc1c(N(c3ccccc3)c3cc4c(c5ccccc35)C3(c5ccccc5-c5ccccc53)c3c-4c4ccccc4c4cc(N(c5ccccc5)c5cccc6c5oc5c(-c7ccccc7C)cccc56)ccc34)cccc12. The molecule has 14 aromatic carbocycles. The maximum atomic E-state index is 7.37. The van der Waals surface area contributed by atoms with Gasteiger partial charge in [-0.05, 0) is 164 Å². The number of hydrogen-bond acceptors (Lipinski definition) is 4. The summed E-state index contributed by atoms with van der Waals surface area (Å²) >= 11 is 0. The highest BCUT2D eigenvalue weighted by Crippen LogP contribution is 2.68. The van der Waals surface area contributed by atoms with E-state index in [1.807, 2.05) is 12.2 Å². The van der Waals surface area contributed by atoms with Crippen LogP contribution < -0.4 is 9.80 Å². The Hall–Kier alpha value is -11.7. The van der Waals surface area contributed by atoms with Gasteiger partial charge >= 0.3 is 0 Å². The average Bonchev–Trinajstić information content (AvgIpc) is 1.48.